The Bertz CT molecular complexity index is 615. The highest BCUT2D eigenvalue weighted by atomic mass is 79.9. The molecule has 1 saturated heterocycles. The first-order chi connectivity index (χ1) is 10.8. The second-order valence-electron chi connectivity index (χ2n) is 5.64. The van der Waals surface area contributed by atoms with Crippen LogP contribution in [0.25, 0.3) is 11.1 Å². The Kier molecular flexibility index (Phi) is 5.26. The topological polar surface area (TPSA) is 38.5 Å². The molecule has 0 radical (unpaired) electrons. The van der Waals surface area contributed by atoms with Crippen molar-refractivity contribution in [2.24, 2.45) is 5.73 Å². The second-order valence-corrected chi connectivity index (χ2v) is 6.49. The minimum absolute atomic E-state index is 0.174. The second kappa shape index (κ2) is 7.38. The molecular formula is C18H21BrN2O. The first-order valence-electron chi connectivity index (χ1n) is 7.64. The first kappa shape index (κ1) is 15.7. The Morgan fingerprint density at radius 1 is 1.14 bits per heavy atom. The fourth-order valence-electron chi connectivity index (χ4n) is 2.81. The molecule has 1 fully saturated rings. The van der Waals surface area contributed by atoms with Crippen LogP contribution in [0, 0.1) is 0 Å². The molecule has 0 amide bonds. The molecular weight excluding hydrogens is 340 g/mol. The molecule has 0 aromatic heterocycles. The number of ether oxygens (including phenoxy) is 1. The molecule has 0 spiro atoms. The normalized spacial score (nSPS) is 19.3. The molecule has 0 aliphatic carbocycles. The fraction of sp³-hybridized carbons (Fsp3) is 0.333. The quantitative estimate of drug-likeness (QED) is 0.909. The monoisotopic (exact) mass is 360 g/mol. The van der Waals surface area contributed by atoms with Crippen molar-refractivity contribution >= 4 is 15.9 Å². The Morgan fingerprint density at radius 2 is 1.91 bits per heavy atom. The van der Waals surface area contributed by atoms with Crippen molar-refractivity contribution in [3.63, 3.8) is 0 Å². The number of hydrogen-bond acceptors (Lipinski definition) is 3. The van der Waals surface area contributed by atoms with Crippen LogP contribution >= 0.6 is 15.9 Å². The molecule has 2 aromatic carbocycles. The highest BCUT2D eigenvalue weighted by Gasteiger charge is 2.19. The van der Waals surface area contributed by atoms with E-state index in [2.05, 4.69) is 63.3 Å². The fourth-order valence-corrected chi connectivity index (χ4v) is 3.32. The van der Waals surface area contributed by atoms with Gasteiger partial charge in [0.25, 0.3) is 0 Å². The number of nitrogens with zero attached hydrogens (tertiary/aromatic N) is 1. The minimum atomic E-state index is 0.174. The largest absolute Gasteiger partial charge is 0.374 e. The van der Waals surface area contributed by atoms with Gasteiger partial charge in [0.15, 0.2) is 0 Å². The maximum atomic E-state index is 5.70. The van der Waals surface area contributed by atoms with Crippen LogP contribution in [0.3, 0.4) is 0 Å². The molecule has 116 valence electrons. The highest BCUT2D eigenvalue weighted by Crippen LogP contribution is 2.28. The lowest BCUT2D eigenvalue weighted by atomic mass is 10.0. The molecule has 1 aliphatic heterocycles. The zero-order valence-electron chi connectivity index (χ0n) is 12.5. The van der Waals surface area contributed by atoms with Gasteiger partial charge in [-0.3, -0.25) is 4.90 Å². The number of morpholine rings is 1. The summed E-state index contributed by atoms with van der Waals surface area (Å²) in [6.45, 7) is 4.22. The van der Waals surface area contributed by atoms with Crippen molar-refractivity contribution in [3.8, 4) is 11.1 Å². The van der Waals surface area contributed by atoms with E-state index in [0.29, 0.717) is 6.54 Å². The molecule has 1 atom stereocenters. The van der Waals surface area contributed by atoms with E-state index in [9.17, 15) is 0 Å². The summed E-state index contributed by atoms with van der Waals surface area (Å²) >= 11 is 3.61. The van der Waals surface area contributed by atoms with Crippen LogP contribution < -0.4 is 5.73 Å². The van der Waals surface area contributed by atoms with Gasteiger partial charge in [0.2, 0.25) is 0 Å². The number of nitrogens with two attached hydrogens (primary N) is 1. The third-order valence-corrected chi connectivity index (χ3v) is 4.72. The predicted molar refractivity (Wildman–Crippen MR) is 93.6 cm³/mol. The molecule has 3 nitrogen and oxygen atoms in total. The van der Waals surface area contributed by atoms with Crippen LogP contribution in [0.1, 0.15) is 5.56 Å². The summed E-state index contributed by atoms with van der Waals surface area (Å²) in [5, 5.41) is 0. The Morgan fingerprint density at radius 3 is 2.64 bits per heavy atom. The standard InChI is InChI=1S/C18H21BrN2O/c19-18-4-2-1-3-17(18)15-7-5-14(6-8-15)12-21-9-10-22-16(11-20)13-21/h1-8,16H,9-13,20H2. The maximum Gasteiger partial charge on any atom is 0.0824 e. The molecule has 2 N–H and O–H groups in total. The zero-order chi connectivity index (χ0) is 15.4. The lowest BCUT2D eigenvalue weighted by molar-refractivity contribution is -0.0260. The van der Waals surface area contributed by atoms with Crippen LogP contribution in [0.15, 0.2) is 53.0 Å². The van der Waals surface area contributed by atoms with E-state index in [1.165, 1.54) is 16.7 Å². The summed E-state index contributed by atoms with van der Waals surface area (Å²) in [6.07, 6.45) is 0.174. The molecule has 1 unspecified atom stereocenters. The van der Waals surface area contributed by atoms with Gasteiger partial charge in [-0.1, -0.05) is 58.4 Å². The highest BCUT2D eigenvalue weighted by molar-refractivity contribution is 9.10. The van der Waals surface area contributed by atoms with Gasteiger partial charge in [-0.15, -0.1) is 0 Å². The Labute approximate surface area is 140 Å². The maximum absolute atomic E-state index is 5.70. The lowest BCUT2D eigenvalue weighted by Crippen LogP contribution is -2.45. The number of hydrogen-bond donors (Lipinski definition) is 1. The van der Waals surface area contributed by atoms with Gasteiger partial charge in [0.05, 0.1) is 12.7 Å². The van der Waals surface area contributed by atoms with E-state index in [4.69, 9.17) is 10.5 Å². The van der Waals surface area contributed by atoms with E-state index in [1.807, 2.05) is 6.07 Å². The Hall–Kier alpha value is -1.20. The average Bonchev–Trinajstić information content (AvgIpc) is 2.56. The first-order valence-corrected chi connectivity index (χ1v) is 8.43. The summed E-state index contributed by atoms with van der Waals surface area (Å²) in [5.41, 5.74) is 9.49. The van der Waals surface area contributed by atoms with Crippen molar-refractivity contribution in [2.45, 2.75) is 12.6 Å². The van der Waals surface area contributed by atoms with E-state index >= 15 is 0 Å². The SMILES string of the molecule is NCC1CN(Cc2ccc(-c3ccccc3Br)cc2)CCO1. The van der Waals surface area contributed by atoms with Gasteiger partial charge < -0.3 is 10.5 Å². The number of benzene rings is 2. The number of halogens is 1. The predicted octanol–water partition coefficient (Wildman–Crippen LogP) is 3.28. The van der Waals surface area contributed by atoms with Gasteiger partial charge in [-0.05, 0) is 22.8 Å². The van der Waals surface area contributed by atoms with Crippen molar-refractivity contribution in [1.82, 2.24) is 4.90 Å². The molecule has 1 aliphatic rings. The van der Waals surface area contributed by atoms with Crippen LogP contribution in [-0.4, -0.2) is 37.2 Å². The Balaban J connectivity index is 1.68. The van der Waals surface area contributed by atoms with Gasteiger partial charge in [0, 0.05) is 30.7 Å². The average molecular weight is 361 g/mol. The molecule has 4 heteroatoms. The van der Waals surface area contributed by atoms with Crippen LogP contribution in [0.5, 0.6) is 0 Å². The molecule has 0 bridgehead atoms. The van der Waals surface area contributed by atoms with Crippen LogP contribution in [0.2, 0.25) is 0 Å². The van der Waals surface area contributed by atoms with Crippen molar-refractivity contribution < 1.29 is 4.74 Å². The molecule has 1 heterocycles. The van der Waals surface area contributed by atoms with Crippen LogP contribution in [-0.2, 0) is 11.3 Å². The van der Waals surface area contributed by atoms with Crippen molar-refractivity contribution in [2.75, 3.05) is 26.2 Å². The van der Waals surface area contributed by atoms with E-state index in [0.717, 1.165) is 30.7 Å². The molecule has 0 saturated carbocycles. The minimum Gasteiger partial charge on any atom is -0.374 e. The lowest BCUT2D eigenvalue weighted by Gasteiger charge is -2.32. The zero-order valence-corrected chi connectivity index (χ0v) is 14.1. The summed E-state index contributed by atoms with van der Waals surface area (Å²) in [7, 11) is 0. The van der Waals surface area contributed by atoms with E-state index in [1.54, 1.807) is 0 Å². The van der Waals surface area contributed by atoms with E-state index in [-0.39, 0.29) is 6.10 Å². The van der Waals surface area contributed by atoms with Crippen LogP contribution in [0.4, 0.5) is 0 Å². The molecule has 3 rings (SSSR count). The van der Waals surface area contributed by atoms with Crippen molar-refractivity contribution in [1.29, 1.82) is 0 Å². The molecule has 2 aromatic rings. The summed E-state index contributed by atoms with van der Waals surface area (Å²) in [5.74, 6) is 0. The van der Waals surface area contributed by atoms with Gasteiger partial charge in [-0.2, -0.15) is 0 Å². The van der Waals surface area contributed by atoms with Gasteiger partial charge in [-0.25, -0.2) is 0 Å². The summed E-state index contributed by atoms with van der Waals surface area (Å²) < 4.78 is 6.74. The molecule has 22 heavy (non-hydrogen) atoms. The van der Waals surface area contributed by atoms with Crippen molar-refractivity contribution in [3.05, 3.63) is 58.6 Å². The number of rotatable bonds is 4. The summed E-state index contributed by atoms with van der Waals surface area (Å²) in [6, 6.07) is 17.1. The third kappa shape index (κ3) is 3.76. The summed E-state index contributed by atoms with van der Waals surface area (Å²) in [4.78, 5) is 2.41. The van der Waals surface area contributed by atoms with Gasteiger partial charge in [0.1, 0.15) is 0 Å². The smallest absolute Gasteiger partial charge is 0.0824 e. The third-order valence-electron chi connectivity index (χ3n) is 4.03. The van der Waals surface area contributed by atoms with Gasteiger partial charge >= 0.3 is 0 Å². The van der Waals surface area contributed by atoms with E-state index < -0.39 is 0 Å².